The molecule has 0 spiro atoms. The minimum absolute atomic E-state index is 0.585. The Kier molecular flexibility index (Phi) is 2.77. The van der Waals surface area contributed by atoms with Gasteiger partial charge < -0.3 is 15.5 Å². The zero-order chi connectivity index (χ0) is 10.8. The standard InChI is InChI=1S/C11H18N4/c1-14(2)10-5-6-15(8-10)9-3-4-11(12)13-7-9/h3-4,7,10H,5-6,8H2,1-2H3,(H2,12,13). The van der Waals surface area contributed by atoms with E-state index in [1.165, 1.54) is 12.1 Å². The minimum Gasteiger partial charge on any atom is -0.384 e. The van der Waals surface area contributed by atoms with E-state index in [1.807, 2.05) is 18.3 Å². The molecule has 0 aromatic carbocycles. The SMILES string of the molecule is CN(C)C1CCN(c2ccc(N)nc2)C1. The van der Waals surface area contributed by atoms with Crippen molar-refractivity contribution in [1.82, 2.24) is 9.88 Å². The first kappa shape index (κ1) is 10.2. The second-order valence-corrected chi connectivity index (χ2v) is 4.29. The Morgan fingerprint density at radius 3 is 2.80 bits per heavy atom. The van der Waals surface area contributed by atoms with E-state index in [9.17, 15) is 0 Å². The van der Waals surface area contributed by atoms with Crippen LogP contribution in [-0.4, -0.2) is 43.1 Å². The first-order valence-electron chi connectivity index (χ1n) is 5.30. The minimum atomic E-state index is 0.585. The summed E-state index contributed by atoms with van der Waals surface area (Å²) < 4.78 is 0. The topological polar surface area (TPSA) is 45.4 Å². The average molecular weight is 206 g/mol. The van der Waals surface area contributed by atoms with Gasteiger partial charge in [0.2, 0.25) is 0 Å². The molecule has 1 unspecified atom stereocenters. The third-order valence-electron chi connectivity index (χ3n) is 3.03. The zero-order valence-corrected chi connectivity index (χ0v) is 9.35. The summed E-state index contributed by atoms with van der Waals surface area (Å²) in [6.07, 6.45) is 3.07. The van der Waals surface area contributed by atoms with E-state index in [2.05, 4.69) is 28.9 Å². The smallest absolute Gasteiger partial charge is 0.123 e. The predicted octanol–water partition coefficient (Wildman–Crippen LogP) is 0.804. The Bertz CT molecular complexity index is 320. The van der Waals surface area contributed by atoms with Crippen molar-refractivity contribution >= 4 is 11.5 Å². The van der Waals surface area contributed by atoms with Crippen molar-refractivity contribution in [3.05, 3.63) is 18.3 Å². The molecule has 1 aliphatic rings. The third-order valence-corrected chi connectivity index (χ3v) is 3.03. The number of hydrogen-bond acceptors (Lipinski definition) is 4. The molecule has 1 aromatic heterocycles. The van der Waals surface area contributed by atoms with Crippen molar-refractivity contribution in [1.29, 1.82) is 0 Å². The molecule has 0 saturated carbocycles. The molecule has 1 aromatic rings. The monoisotopic (exact) mass is 206 g/mol. The van der Waals surface area contributed by atoms with E-state index in [0.29, 0.717) is 11.9 Å². The van der Waals surface area contributed by atoms with Crippen LogP contribution < -0.4 is 10.6 Å². The molecule has 1 aliphatic heterocycles. The van der Waals surface area contributed by atoms with Gasteiger partial charge in [-0.25, -0.2) is 4.98 Å². The van der Waals surface area contributed by atoms with E-state index < -0.39 is 0 Å². The average Bonchev–Trinajstić information content (AvgIpc) is 2.68. The van der Waals surface area contributed by atoms with Gasteiger partial charge in [-0.3, -0.25) is 0 Å². The van der Waals surface area contributed by atoms with Crippen molar-refractivity contribution in [3.8, 4) is 0 Å². The fourth-order valence-corrected chi connectivity index (χ4v) is 1.98. The van der Waals surface area contributed by atoms with Gasteiger partial charge in [-0.05, 0) is 32.6 Å². The molecule has 1 fully saturated rings. The van der Waals surface area contributed by atoms with Crippen molar-refractivity contribution < 1.29 is 0 Å². The number of nitrogen functional groups attached to an aromatic ring is 1. The summed E-state index contributed by atoms with van der Waals surface area (Å²) in [5.74, 6) is 0.585. The van der Waals surface area contributed by atoms with E-state index in [1.54, 1.807) is 0 Å². The molecule has 82 valence electrons. The Morgan fingerprint density at radius 2 is 2.27 bits per heavy atom. The van der Waals surface area contributed by atoms with Gasteiger partial charge in [-0.15, -0.1) is 0 Å². The van der Waals surface area contributed by atoms with Gasteiger partial charge in [0.05, 0.1) is 11.9 Å². The second kappa shape index (κ2) is 4.06. The lowest BCUT2D eigenvalue weighted by Crippen LogP contribution is -2.31. The summed E-state index contributed by atoms with van der Waals surface area (Å²) >= 11 is 0. The highest BCUT2D eigenvalue weighted by Crippen LogP contribution is 2.21. The number of rotatable bonds is 2. The predicted molar refractivity (Wildman–Crippen MR) is 63.0 cm³/mol. The summed E-state index contributed by atoms with van der Waals surface area (Å²) in [5, 5.41) is 0. The quantitative estimate of drug-likeness (QED) is 0.777. The molecular formula is C11H18N4. The van der Waals surface area contributed by atoms with Crippen LogP contribution in [0.15, 0.2) is 18.3 Å². The normalized spacial score (nSPS) is 21.3. The van der Waals surface area contributed by atoms with Gasteiger partial charge in [-0.2, -0.15) is 0 Å². The first-order chi connectivity index (χ1) is 7.16. The lowest BCUT2D eigenvalue weighted by Gasteiger charge is -2.21. The molecule has 2 heterocycles. The molecule has 4 heteroatoms. The van der Waals surface area contributed by atoms with Crippen LogP contribution in [0.1, 0.15) is 6.42 Å². The van der Waals surface area contributed by atoms with Crippen LogP contribution in [0.4, 0.5) is 11.5 Å². The third kappa shape index (κ3) is 2.21. The van der Waals surface area contributed by atoms with Crippen LogP contribution in [0.3, 0.4) is 0 Å². The van der Waals surface area contributed by atoms with Gasteiger partial charge in [0.1, 0.15) is 5.82 Å². The van der Waals surface area contributed by atoms with Crippen LogP contribution in [0, 0.1) is 0 Å². The maximum atomic E-state index is 5.56. The van der Waals surface area contributed by atoms with Crippen molar-refractivity contribution in [3.63, 3.8) is 0 Å². The molecule has 2 N–H and O–H groups in total. The Balaban J connectivity index is 2.04. The van der Waals surface area contributed by atoms with E-state index in [0.717, 1.165) is 13.1 Å². The fraction of sp³-hybridized carbons (Fsp3) is 0.545. The Hall–Kier alpha value is -1.29. The molecule has 2 rings (SSSR count). The Labute approximate surface area is 90.7 Å². The van der Waals surface area contributed by atoms with Gasteiger partial charge >= 0.3 is 0 Å². The lowest BCUT2D eigenvalue weighted by molar-refractivity contribution is 0.315. The van der Waals surface area contributed by atoms with E-state index in [-0.39, 0.29) is 0 Å². The largest absolute Gasteiger partial charge is 0.384 e. The molecule has 0 aliphatic carbocycles. The number of likely N-dealkylation sites (N-methyl/N-ethyl adjacent to an activating group) is 1. The highest BCUT2D eigenvalue weighted by Gasteiger charge is 2.23. The number of anilines is 2. The summed E-state index contributed by atoms with van der Waals surface area (Å²) in [6.45, 7) is 2.19. The summed E-state index contributed by atoms with van der Waals surface area (Å²) in [7, 11) is 4.27. The van der Waals surface area contributed by atoms with Crippen LogP contribution >= 0.6 is 0 Å². The summed E-state index contributed by atoms with van der Waals surface area (Å²) in [4.78, 5) is 8.76. The fourth-order valence-electron chi connectivity index (χ4n) is 1.98. The number of nitrogens with two attached hydrogens (primary N) is 1. The first-order valence-corrected chi connectivity index (χ1v) is 5.30. The van der Waals surface area contributed by atoms with Gasteiger partial charge in [0, 0.05) is 19.1 Å². The Morgan fingerprint density at radius 1 is 1.47 bits per heavy atom. The zero-order valence-electron chi connectivity index (χ0n) is 9.35. The summed E-state index contributed by atoms with van der Waals surface area (Å²) in [6, 6.07) is 4.56. The second-order valence-electron chi connectivity index (χ2n) is 4.29. The maximum absolute atomic E-state index is 5.56. The summed E-state index contributed by atoms with van der Waals surface area (Å²) in [5.41, 5.74) is 6.74. The number of nitrogens with zero attached hydrogens (tertiary/aromatic N) is 3. The molecular weight excluding hydrogens is 188 g/mol. The van der Waals surface area contributed by atoms with Crippen LogP contribution in [0.5, 0.6) is 0 Å². The number of hydrogen-bond donors (Lipinski definition) is 1. The van der Waals surface area contributed by atoms with Crippen molar-refractivity contribution in [2.24, 2.45) is 0 Å². The highest BCUT2D eigenvalue weighted by atomic mass is 15.2. The lowest BCUT2D eigenvalue weighted by atomic mass is 10.2. The van der Waals surface area contributed by atoms with Crippen LogP contribution in [-0.2, 0) is 0 Å². The van der Waals surface area contributed by atoms with E-state index in [4.69, 9.17) is 5.73 Å². The molecule has 1 atom stereocenters. The molecule has 15 heavy (non-hydrogen) atoms. The van der Waals surface area contributed by atoms with Gasteiger partial charge in [-0.1, -0.05) is 0 Å². The molecule has 0 bridgehead atoms. The van der Waals surface area contributed by atoms with Crippen LogP contribution in [0.25, 0.3) is 0 Å². The van der Waals surface area contributed by atoms with E-state index >= 15 is 0 Å². The van der Waals surface area contributed by atoms with Gasteiger partial charge in [0.25, 0.3) is 0 Å². The van der Waals surface area contributed by atoms with Crippen molar-refractivity contribution in [2.45, 2.75) is 12.5 Å². The molecule has 1 saturated heterocycles. The molecule has 0 amide bonds. The maximum Gasteiger partial charge on any atom is 0.123 e. The highest BCUT2D eigenvalue weighted by molar-refractivity contribution is 5.49. The number of aromatic nitrogens is 1. The number of pyridine rings is 1. The van der Waals surface area contributed by atoms with Crippen molar-refractivity contribution in [2.75, 3.05) is 37.8 Å². The molecule has 4 nitrogen and oxygen atoms in total. The van der Waals surface area contributed by atoms with Gasteiger partial charge in [0.15, 0.2) is 0 Å². The molecule has 0 radical (unpaired) electrons. The van der Waals surface area contributed by atoms with Crippen LogP contribution in [0.2, 0.25) is 0 Å².